The van der Waals surface area contributed by atoms with E-state index in [0.29, 0.717) is 6.61 Å². The molecule has 0 saturated carbocycles. The van der Waals surface area contributed by atoms with Gasteiger partial charge in [-0.3, -0.25) is 5.32 Å². The lowest BCUT2D eigenvalue weighted by Crippen LogP contribution is -2.14. The third kappa shape index (κ3) is 4.10. The number of nitrogens with one attached hydrogen (secondary N) is 1. The Balaban J connectivity index is 2.15. The van der Waals surface area contributed by atoms with E-state index in [2.05, 4.69) is 33.4 Å². The Morgan fingerprint density at radius 3 is 2.55 bits per heavy atom. The molecule has 20 heavy (non-hydrogen) atoms. The van der Waals surface area contributed by atoms with E-state index in [1.165, 1.54) is 5.56 Å². The number of carbonyl (C=O) groups excluding carboxylic acids is 1. The highest BCUT2D eigenvalue weighted by molar-refractivity contribution is 9.10. The Hall–Kier alpha value is -1.81. The molecular formula is C16H16BrNO2. The number of para-hydroxylation sites is 1. The van der Waals surface area contributed by atoms with Gasteiger partial charge in [0.1, 0.15) is 0 Å². The number of halogens is 1. The zero-order valence-electron chi connectivity index (χ0n) is 11.2. The summed E-state index contributed by atoms with van der Waals surface area (Å²) in [5, 5.41) is 2.77. The van der Waals surface area contributed by atoms with Crippen molar-refractivity contribution >= 4 is 27.7 Å². The van der Waals surface area contributed by atoms with Crippen LogP contribution in [0, 0.1) is 0 Å². The largest absolute Gasteiger partial charge is 0.450 e. The molecule has 2 rings (SSSR count). The molecule has 0 spiro atoms. The predicted octanol–water partition coefficient (Wildman–Crippen LogP) is 4.61. The van der Waals surface area contributed by atoms with Gasteiger partial charge >= 0.3 is 6.09 Å². The van der Waals surface area contributed by atoms with Crippen LogP contribution in [0.1, 0.15) is 18.1 Å². The molecule has 0 aliphatic rings. The molecule has 0 heterocycles. The summed E-state index contributed by atoms with van der Waals surface area (Å²) in [6.45, 7) is 2.15. The highest BCUT2D eigenvalue weighted by Crippen LogP contribution is 2.20. The Labute approximate surface area is 127 Å². The summed E-state index contributed by atoms with van der Waals surface area (Å²) in [6.07, 6.45) is 0.339. The van der Waals surface area contributed by atoms with E-state index >= 15 is 0 Å². The fourth-order valence-electron chi connectivity index (χ4n) is 1.90. The molecule has 1 amide bonds. The van der Waals surface area contributed by atoms with Crippen molar-refractivity contribution in [2.75, 3.05) is 11.9 Å². The third-order valence-electron chi connectivity index (χ3n) is 2.84. The molecule has 0 aliphatic heterocycles. The molecule has 1 N–H and O–H groups in total. The van der Waals surface area contributed by atoms with Gasteiger partial charge in [0, 0.05) is 10.2 Å². The Kier molecular flexibility index (Phi) is 5.18. The van der Waals surface area contributed by atoms with Gasteiger partial charge in [-0.25, -0.2) is 4.79 Å². The van der Waals surface area contributed by atoms with E-state index in [0.717, 1.165) is 22.1 Å². The van der Waals surface area contributed by atoms with Gasteiger partial charge in [-0.05, 0) is 42.7 Å². The summed E-state index contributed by atoms with van der Waals surface area (Å²) in [4.78, 5) is 11.5. The number of anilines is 1. The molecule has 4 heteroatoms. The minimum absolute atomic E-state index is 0.362. The van der Waals surface area contributed by atoms with Crippen molar-refractivity contribution in [3.05, 3.63) is 64.1 Å². The second-order valence-electron chi connectivity index (χ2n) is 4.31. The lowest BCUT2D eigenvalue weighted by molar-refractivity contribution is 0.168. The maximum atomic E-state index is 11.5. The standard InChI is InChI=1S/C16H16BrNO2/c1-2-20-16(19)18-15-6-4-3-5-13(15)11-12-7-9-14(17)10-8-12/h3-10H,2,11H2,1H3,(H,18,19). The first-order valence-electron chi connectivity index (χ1n) is 6.45. The van der Waals surface area contributed by atoms with Gasteiger partial charge in [0.05, 0.1) is 6.61 Å². The second-order valence-corrected chi connectivity index (χ2v) is 5.22. The van der Waals surface area contributed by atoms with Crippen molar-refractivity contribution in [3.63, 3.8) is 0 Å². The number of carbonyl (C=O) groups is 1. The van der Waals surface area contributed by atoms with Crippen LogP contribution >= 0.6 is 15.9 Å². The lowest BCUT2D eigenvalue weighted by atomic mass is 10.0. The molecule has 104 valence electrons. The highest BCUT2D eigenvalue weighted by atomic mass is 79.9. The first-order valence-corrected chi connectivity index (χ1v) is 7.24. The fraction of sp³-hybridized carbons (Fsp3) is 0.188. The topological polar surface area (TPSA) is 38.3 Å². The van der Waals surface area contributed by atoms with Crippen molar-refractivity contribution in [2.24, 2.45) is 0 Å². The molecule has 0 aromatic heterocycles. The van der Waals surface area contributed by atoms with Gasteiger partial charge < -0.3 is 4.74 Å². The van der Waals surface area contributed by atoms with Gasteiger partial charge in [0.2, 0.25) is 0 Å². The average Bonchev–Trinajstić information content (AvgIpc) is 2.44. The van der Waals surface area contributed by atoms with Crippen molar-refractivity contribution in [3.8, 4) is 0 Å². The molecule has 3 nitrogen and oxygen atoms in total. The van der Waals surface area contributed by atoms with E-state index in [1.54, 1.807) is 6.92 Å². The highest BCUT2D eigenvalue weighted by Gasteiger charge is 2.07. The predicted molar refractivity (Wildman–Crippen MR) is 84.0 cm³/mol. The fourth-order valence-corrected chi connectivity index (χ4v) is 2.16. The molecule has 0 saturated heterocycles. The molecule has 0 unspecified atom stereocenters. The number of benzene rings is 2. The van der Waals surface area contributed by atoms with Gasteiger partial charge in [-0.15, -0.1) is 0 Å². The van der Waals surface area contributed by atoms with Crippen LogP contribution in [0.5, 0.6) is 0 Å². The number of hydrogen-bond donors (Lipinski definition) is 1. The minimum atomic E-state index is -0.421. The van der Waals surface area contributed by atoms with Crippen LogP contribution in [0.3, 0.4) is 0 Å². The quantitative estimate of drug-likeness (QED) is 0.887. The maximum Gasteiger partial charge on any atom is 0.411 e. The van der Waals surface area contributed by atoms with Crippen LogP contribution in [-0.4, -0.2) is 12.7 Å². The first kappa shape index (κ1) is 14.6. The van der Waals surface area contributed by atoms with Gasteiger partial charge in [0.15, 0.2) is 0 Å². The van der Waals surface area contributed by atoms with Crippen molar-refractivity contribution in [1.82, 2.24) is 0 Å². The van der Waals surface area contributed by atoms with Crippen LogP contribution in [0.2, 0.25) is 0 Å². The molecule has 0 atom stereocenters. The maximum absolute atomic E-state index is 11.5. The van der Waals surface area contributed by atoms with Crippen LogP contribution < -0.4 is 5.32 Å². The van der Waals surface area contributed by atoms with E-state index in [9.17, 15) is 4.79 Å². The van der Waals surface area contributed by atoms with Crippen LogP contribution in [0.4, 0.5) is 10.5 Å². The number of amides is 1. The summed E-state index contributed by atoms with van der Waals surface area (Å²) in [5.74, 6) is 0. The van der Waals surface area contributed by atoms with E-state index in [1.807, 2.05) is 36.4 Å². The first-order chi connectivity index (χ1) is 9.69. The molecule has 0 aliphatic carbocycles. The van der Waals surface area contributed by atoms with Crippen molar-refractivity contribution in [1.29, 1.82) is 0 Å². The van der Waals surface area contributed by atoms with Gasteiger partial charge in [0.25, 0.3) is 0 Å². The van der Waals surface area contributed by atoms with Crippen LogP contribution in [0.15, 0.2) is 53.0 Å². The van der Waals surface area contributed by atoms with Crippen molar-refractivity contribution in [2.45, 2.75) is 13.3 Å². The Bertz CT molecular complexity index is 581. The summed E-state index contributed by atoms with van der Waals surface area (Å²) in [6, 6.07) is 15.9. The third-order valence-corrected chi connectivity index (χ3v) is 3.37. The summed E-state index contributed by atoms with van der Waals surface area (Å²) in [7, 11) is 0. The summed E-state index contributed by atoms with van der Waals surface area (Å²) < 4.78 is 5.97. The Morgan fingerprint density at radius 2 is 1.85 bits per heavy atom. The number of rotatable bonds is 4. The zero-order valence-corrected chi connectivity index (χ0v) is 12.8. The van der Waals surface area contributed by atoms with E-state index in [-0.39, 0.29) is 0 Å². The Morgan fingerprint density at radius 1 is 1.15 bits per heavy atom. The molecule has 0 bridgehead atoms. The number of hydrogen-bond acceptors (Lipinski definition) is 2. The molecule has 2 aromatic carbocycles. The smallest absolute Gasteiger partial charge is 0.411 e. The molecule has 0 radical (unpaired) electrons. The zero-order chi connectivity index (χ0) is 14.4. The average molecular weight is 334 g/mol. The van der Waals surface area contributed by atoms with E-state index in [4.69, 9.17) is 4.74 Å². The van der Waals surface area contributed by atoms with E-state index < -0.39 is 6.09 Å². The molecule has 2 aromatic rings. The normalized spacial score (nSPS) is 10.1. The molecule has 0 fully saturated rings. The molecular weight excluding hydrogens is 318 g/mol. The van der Waals surface area contributed by atoms with Crippen LogP contribution in [0.25, 0.3) is 0 Å². The number of ether oxygens (including phenoxy) is 1. The summed E-state index contributed by atoms with van der Waals surface area (Å²) >= 11 is 3.42. The SMILES string of the molecule is CCOC(=O)Nc1ccccc1Cc1ccc(Br)cc1. The van der Waals surface area contributed by atoms with Gasteiger partial charge in [-0.1, -0.05) is 46.3 Å². The van der Waals surface area contributed by atoms with Crippen molar-refractivity contribution < 1.29 is 9.53 Å². The summed E-state index contributed by atoms with van der Waals surface area (Å²) in [5.41, 5.74) is 3.03. The monoisotopic (exact) mass is 333 g/mol. The second kappa shape index (κ2) is 7.10. The van der Waals surface area contributed by atoms with Crippen LogP contribution in [-0.2, 0) is 11.2 Å². The van der Waals surface area contributed by atoms with Gasteiger partial charge in [-0.2, -0.15) is 0 Å². The minimum Gasteiger partial charge on any atom is -0.450 e. The lowest BCUT2D eigenvalue weighted by Gasteiger charge is -2.11.